The Morgan fingerprint density at radius 2 is 1.95 bits per heavy atom. The third kappa shape index (κ3) is 2.92. The van der Waals surface area contributed by atoms with Crippen LogP contribution < -0.4 is 5.32 Å². The van der Waals surface area contributed by atoms with E-state index in [2.05, 4.69) is 10.4 Å². The molecule has 2 aliphatic rings. The fourth-order valence-electron chi connectivity index (χ4n) is 3.14. The predicted molar refractivity (Wildman–Crippen MR) is 75.4 cm³/mol. The van der Waals surface area contributed by atoms with E-state index in [1.165, 1.54) is 0 Å². The maximum atomic E-state index is 12.3. The Hall–Kier alpha value is -1.07. The zero-order valence-electron chi connectivity index (χ0n) is 11.2. The molecule has 0 saturated carbocycles. The lowest BCUT2D eigenvalue weighted by atomic mass is 9.92. The van der Waals surface area contributed by atoms with Crippen molar-refractivity contribution >= 4 is 18.3 Å². The van der Waals surface area contributed by atoms with Crippen LogP contribution in [-0.4, -0.2) is 46.8 Å². The van der Waals surface area contributed by atoms with E-state index < -0.39 is 0 Å². The number of aromatic nitrogens is 2. The zero-order valence-corrected chi connectivity index (χ0v) is 12.0. The fraction of sp³-hybridized carbons (Fsp3) is 0.692. The highest BCUT2D eigenvalue weighted by molar-refractivity contribution is 5.93. The first-order valence-electron chi connectivity index (χ1n) is 6.72. The van der Waals surface area contributed by atoms with Gasteiger partial charge in [-0.1, -0.05) is 0 Å². The van der Waals surface area contributed by atoms with Crippen LogP contribution in [0.25, 0.3) is 0 Å². The Morgan fingerprint density at radius 3 is 2.47 bits per heavy atom. The number of halogens is 1. The molecule has 0 spiro atoms. The second-order valence-corrected chi connectivity index (χ2v) is 5.45. The highest BCUT2D eigenvalue weighted by Crippen LogP contribution is 2.27. The van der Waals surface area contributed by atoms with Crippen molar-refractivity contribution in [3.05, 3.63) is 18.0 Å². The lowest BCUT2D eigenvalue weighted by Crippen LogP contribution is -2.32. The first kappa shape index (κ1) is 14.3. The fourth-order valence-corrected chi connectivity index (χ4v) is 3.14. The number of hydrogen-bond donors (Lipinski definition) is 1. The number of amides is 1. The van der Waals surface area contributed by atoms with Gasteiger partial charge < -0.3 is 10.2 Å². The SMILES string of the molecule is Cl.Cn1cc(C(=O)N2CC[C@@H]3CNC[C@@H]3CC2)cn1. The van der Waals surface area contributed by atoms with Gasteiger partial charge in [-0.25, -0.2) is 0 Å². The molecular weight excluding hydrogens is 264 g/mol. The van der Waals surface area contributed by atoms with E-state index in [9.17, 15) is 4.79 Å². The van der Waals surface area contributed by atoms with Crippen molar-refractivity contribution in [3.63, 3.8) is 0 Å². The van der Waals surface area contributed by atoms with Gasteiger partial charge in [-0.05, 0) is 37.8 Å². The molecule has 0 aromatic carbocycles. The van der Waals surface area contributed by atoms with E-state index in [4.69, 9.17) is 0 Å². The minimum absolute atomic E-state index is 0. The molecule has 1 amide bonds. The van der Waals surface area contributed by atoms with Crippen LogP contribution in [0, 0.1) is 11.8 Å². The number of rotatable bonds is 1. The van der Waals surface area contributed by atoms with Crippen LogP contribution in [0.15, 0.2) is 12.4 Å². The highest BCUT2D eigenvalue weighted by atomic mass is 35.5. The molecule has 3 rings (SSSR count). The molecule has 1 aromatic heterocycles. The van der Waals surface area contributed by atoms with Crippen molar-refractivity contribution in [2.75, 3.05) is 26.2 Å². The largest absolute Gasteiger partial charge is 0.339 e. The Morgan fingerprint density at radius 1 is 1.32 bits per heavy atom. The quantitative estimate of drug-likeness (QED) is 0.834. The number of likely N-dealkylation sites (tertiary alicyclic amines) is 1. The average Bonchev–Trinajstić information content (AvgIpc) is 2.94. The normalized spacial score (nSPS) is 26.5. The molecule has 3 heterocycles. The van der Waals surface area contributed by atoms with Gasteiger partial charge in [0.1, 0.15) is 0 Å². The van der Waals surface area contributed by atoms with Gasteiger partial charge >= 0.3 is 0 Å². The third-order valence-corrected chi connectivity index (χ3v) is 4.26. The Bertz CT molecular complexity index is 434. The lowest BCUT2D eigenvalue weighted by molar-refractivity contribution is 0.0758. The molecule has 0 radical (unpaired) electrons. The number of fused-ring (bicyclic) bond motifs is 1. The number of carbonyl (C=O) groups is 1. The topological polar surface area (TPSA) is 50.2 Å². The maximum Gasteiger partial charge on any atom is 0.257 e. The second kappa shape index (κ2) is 5.92. The smallest absolute Gasteiger partial charge is 0.257 e. The molecule has 2 atom stereocenters. The molecule has 1 aromatic rings. The van der Waals surface area contributed by atoms with Crippen LogP contribution in [0.1, 0.15) is 23.2 Å². The molecule has 0 unspecified atom stereocenters. The Labute approximate surface area is 119 Å². The van der Waals surface area contributed by atoms with Crippen LogP contribution in [0.5, 0.6) is 0 Å². The van der Waals surface area contributed by atoms with Gasteiger partial charge in [0.15, 0.2) is 0 Å². The molecule has 5 nitrogen and oxygen atoms in total. The minimum atomic E-state index is 0. The van der Waals surface area contributed by atoms with Crippen LogP contribution >= 0.6 is 12.4 Å². The summed E-state index contributed by atoms with van der Waals surface area (Å²) in [6, 6.07) is 0. The molecule has 19 heavy (non-hydrogen) atoms. The first-order valence-corrected chi connectivity index (χ1v) is 6.72. The number of aryl methyl sites for hydroxylation is 1. The van der Waals surface area contributed by atoms with Gasteiger partial charge in [0.2, 0.25) is 0 Å². The van der Waals surface area contributed by atoms with Gasteiger partial charge in [0.25, 0.3) is 5.91 Å². The van der Waals surface area contributed by atoms with Crippen molar-refractivity contribution in [1.82, 2.24) is 20.0 Å². The second-order valence-electron chi connectivity index (χ2n) is 5.45. The first-order chi connectivity index (χ1) is 8.74. The summed E-state index contributed by atoms with van der Waals surface area (Å²) in [5, 5.41) is 7.53. The summed E-state index contributed by atoms with van der Waals surface area (Å²) in [5.41, 5.74) is 0.711. The van der Waals surface area contributed by atoms with Gasteiger partial charge in [-0.15, -0.1) is 12.4 Å². The molecular formula is C13H21ClN4O. The molecule has 0 bridgehead atoms. The van der Waals surface area contributed by atoms with Crippen LogP contribution in [-0.2, 0) is 7.05 Å². The van der Waals surface area contributed by atoms with Crippen molar-refractivity contribution < 1.29 is 4.79 Å². The summed E-state index contributed by atoms with van der Waals surface area (Å²) < 4.78 is 1.68. The van der Waals surface area contributed by atoms with E-state index in [1.807, 2.05) is 11.9 Å². The van der Waals surface area contributed by atoms with Crippen molar-refractivity contribution in [1.29, 1.82) is 0 Å². The molecule has 2 fully saturated rings. The third-order valence-electron chi connectivity index (χ3n) is 4.26. The molecule has 106 valence electrons. The zero-order chi connectivity index (χ0) is 12.5. The summed E-state index contributed by atoms with van der Waals surface area (Å²) in [7, 11) is 1.84. The molecule has 6 heteroatoms. The van der Waals surface area contributed by atoms with E-state index in [0.717, 1.165) is 50.9 Å². The van der Waals surface area contributed by atoms with Crippen molar-refractivity contribution in [3.8, 4) is 0 Å². The summed E-state index contributed by atoms with van der Waals surface area (Å²) in [6.45, 7) is 4.02. The van der Waals surface area contributed by atoms with Crippen LogP contribution in [0.3, 0.4) is 0 Å². The maximum absolute atomic E-state index is 12.3. The van der Waals surface area contributed by atoms with E-state index >= 15 is 0 Å². The van der Waals surface area contributed by atoms with E-state index in [1.54, 1.807) is 17.1 Å². The Balaban J connectivity index is 0.00000133. The highest BCUT2D eigenvalue weighted by Gasteiger charge is 2.31. The molecule has 2 aliphatic heterocycles. The standard InChI is InChI=1S/C13H20N4O.ClH/c1-16-9-12(8-15-16)13(18)17-4-2-10-6-14-7-11(10)3-5-17;/h8-11,14H,2-7H2,1H3;1H/t10-,11+;. The minimum Gasteiger partial charge on any atom is -0.339 e. The number of nitrogens with one attached hydrogen (secondary N) is 1. The molecule has 2 saturated heterocycles. The van der Waals surface area contributed by atoms with E-state index in [0.29, 0.717) is 5.56 Å². The molecule has 1 N–H and O–H groups in total. The summed E-state index contributed by atoms with van der Waals surface area (Å²) in [5.74, 6) is 1.66. The predicted octanol–water partition coefficient (Wildman–Crippen LogP) is 0.913. The summed E-state index contributed by atoms with van der Waals surface area (Å²) in [6.07, 6.45) is 5.72. The Kier molecular flexibility index (Phi) is 4.47. The van der Waals surface area contributed by atoms with Crippen LogP contribution in [0.2, 0.25) is 0 Å². The van der Waals surface area contributed by atoms with Gasteiger partial charge in [-0.2, -0.15) is 5.10 Å². The van der Waals surface area contributed by atoms with Gasteiger partial charge in [-0.3, -0.25) is 9.48 Å². The average molecular weight is 285 g/mol. The number of carbonyl (C=O) groups excluding carboxylic acids is 1. The summed E-state index contributed by atoms with van der Waals surface area (Å²) in [4.78, 5) is 14.3. The monoisotopic (exact) mass is 284 g/mol. The molecule has 0 aliphatic carbocycles. The van der Waals surface area contributed by atoms with Gasteiger partial charge in [0, 0.05) is 26.3 Å². The van der Waals surface area contributed by atoms with Crippen molar-refractivity contribution in [2.45, 2.75) is 12.8 Å². The van der Waals surface area contributed by atoms with Crippen LogP contribution in [0.4, 0.5) is 0 Å². The van der Waals surface area contributed by atoms with Crippen molar-refractivity contribution in [2.24, 2.45) is 18.9 Å². The number of nitrogens with zero attached hydrogens (tertiary/aromatic N) is 3. The van der Waals surface area contributed by atoms with E-state index in [-0.39, 0.29) is 18.3 Å². The number of hydrogen-bond acceptors (Lipinski definition) is 3. The van der Waals surface area contributed by atoms with Gasteiger partial charge in [0.05, 0.1) is 11.8 Å². The summed E-state index contributed by atoms with van der Waals surface area (Å²) >= 11 is 0. The lowest BCUT2D eigenvalue weighted by Gasteiger charge is -2.20.